The molecule has 128 valence electrons. The molecule has 2 aromatic carbocycles. The van der Waals surface area contributed by atoms with Crippen molar-refractivity contribution in [2.45, 2.75) is 12.3 Å². The molecule has 2 rings (SSSR count). The van der Waals surface area contributed by atoms with Gasteiger partial charge in [0, 0.05) is 10.2 Å². The molecule has 1 amide bonds. The first-order valence-electron chi connectivity index (χ1n) is 6.39. The lowest BCUT2D eigenvalue weighted by atomic mass is 10.2. The van der Waals surface area contributed by atoms with E-state index in [0.29, 0.717) is 16.6 Å². The lowest BCUT2D eigenvalue weighted by molar-refractivity contribution is -0.187. The molecule has 0 saturated heterocycles. The van der Waals surface area contributed by atoms with Gasteiger partial charge in [0.05, 0.1) is 5.56 Å². The third-order valence-electron chi connectivity index (χ3n) is 2.77. The number of hydrogen-bond acceptors (Lipinski definition) is 2. The summed E-state index contributed by atoms with van der Waals surface area (Å²) in [6.07, 6.45) is -9.06. The minimum atomic E-state index is -4.71. The molecule has 0 aliphatic heterocycles. The largest absolute Gasteiger partial charge is 0.482 e. The van der Waals surface area contributed by atoms with Crippen molar-refractivity contribution in [3.63, 3.8) is 0 Å². The number of nitrogens with one attached hydrogen (secondary N) is 1. The molecule has 24 heavy (non-hydrogen) atoms. The van der Waals surface area contributed by atoms with E-state index in [0.717, 1.165) is 12.1 Å². The van der Waals surface area contributed by atoms with E-state index in [1.807, 2.05) is 5.32 Å². The lowest BCUT2D eigenvalue weighted by Gasteiger charge is -2.18. The molecule has 0 bridgehead atoms. The molecule has 0 atom stereocenters. The van der Waals surface area contributed by atoms with Crippen LogP contribution in [0.4, 0.5) is 27.6 Å². The number of benzene rings is 2. The Morgan fingerprint density at radius 3 is 2.21 bits per heavy atom. The van der Waals surface area contributed by atoms with Crippen molar-refractivity contribution in [1.29, 1.82) is 0 Å². The normalized spacial score (nSPS) is 11.9. The minimum Gasteiger partial charge on any atom is -0.425 e. The van der Waals surface area contributed by atoms with Crippen LogP contribution in [0, 0.1) is 0 Å². The minimum absolute atomic E-state index is 0.0792. The molecule has 3 nitrogen and oxygen atoms in total. The maximum Gasteiger partial charge on any atom is 0.482 e. The smallest absolute Gasteiger partial charge is 0.425 e. The predicted octanol–water partition coefficient (Wildman–Crippen LogP) is 5.08. The zero-order valence-corrected chi connectivity index (χ0v) is 13.3. The zero-order valence-electron chi connectivity index (χ0n) is 11.7. The molecule has 9 heteroatoms. The zero-order chi connectivity index (χ0) is 18.0. The summed E-state index contributed by atoms with van der Waals surface area (Å²) in [6.45, 7) is 0. The second kappa shape index (κ2) is 6.76. The van der Waals surface area contributed by atoms with Gasteiger partial charge in [-0.1, -0.05) is 22.0 Å². The number of hydrogen-bond donors (Lipinski definition) is 1. The first-order valence-corrected chi connectivity index (χ1v) is 7.18. The molecule has 0 saturated carbocycles. The fourth-order valence-corrected chi connectivity index (χ4v) is 1.93. The van der Waals surface area contributed by atoms with Crippen LogP contribution in [-0.4, -0.2) is 12.0 Å². The fourth-order valence-electron chi connectivity index (χ4n) is 1.67. The van der Waals surface area contributed by atoms with E-state index < -0.39 is 29.5 Å². The van der Waals surface area contributed by atoms with E-state index >= 15 is 0 Å². The summed E-state index contributed by atoms with van der Waals surface area (Å²) in [6, 6.07) is 8.65. The molecule has 1 N–H and O–H groups in total. The van der Waals surface area contributed by atoms with Gasteiger partial charge in [-0.15, -0.1) is 0 Å². The summed E-state index contributed by atoms with van der Waals surface area (Å²) < 4.78 is 70.0. The Balaban J connectivity index is 2.12. The molecule has 0 fully saturated rings. The maximum absolute atomic E-state index is 13.8. The molecule has 2 aromatic rings. The van der Waals surface area contributed by atoms with Gasteiger partial charge >= 0.3 is 18.2 Å². The van der Waals surface area contributed by atoms with E-state index in [4.69, 9.17) is 0 Å². The maximum atomic E-state index is 13.8. The summed E-state index contributed by atoms with van der Waals surface area (Å²) in [5.74, 6) is -2.58. The van der Waals surface area contributed by atoms with E-state index in [9.17, 15) is 26.7 Å². The summed E-state index contributed by atoms with van der Waals surface area (Å²) in [5.41, 5.74) is -1.08. The molecule has 0 aromatic heterocycles. The average Bonchev–Trinajstić information content (AvgIpc) is 2.48. The Morgan fingerprint density at radius 1 is 1.00 bits per heavy atom. The molecule has 0 aliphatic rings. The van der Waals surface area contributed by atoms with Gasteiger partial charge < -0.3 is 10.1 Å². The van der Waals surface area contributed by atoms with Crippen molar-refractivity contribution in [3.8, 4) is 5.75 Å². The quantitative estimate of drug-likeness (QED) is 0.715. The number of anilines is 1. The molecule has 0 radical (unpaired) electrons. The summed E-state index contributed by atoms with van der Waals surface area (Å²) in [5, 5.41) is 1.92. The number of rotatable bonds is 4. The standard InChI is InChI=1S/C15H9BrF5NO2/c16-10-4-6-11(7-5-10)22-13(23)15(20,21)24-12-3-1-2-9(8-12)14(17,18)19/h1-8H,(H,22,23). The molecule has 0 spiro atoms. The van der Waals surface area contributed by atoms with Gasteiger partial charge in [0.15, 0.2) is 0 Å². The van der Waals surface area contributed by atoms with E-state index in [2.05, 4.69) is 20.7 Å². The number of carbonyl (C=O) groups excluding carboxylic acids is 1. The van der Waals surface area contributed by atoms with Crippen LogP contribution in [0.2, 0.25) is 0 Å². The monoisotopic (exact) mass is 409 g/mol. The molecular weight excluding hydrogens is 401 g/mol. The summed E-state index contributed by atoms with van der Waals surface area (Å²) in [7, 11) is 0. The SMILES string of the molecule is O=C(Nc1ccc(Br)cc1)C(F)(F)Oc1cccc(C(F)(F)F)c1. The predicted molar refractivity (Wildman–Crippen MR) is 79.8 cm³/mol. The Hall–Kier alpha value is -2.16. The van der Waals surface area contributed by atoms with Crippen LogP contribution in [0.1, 0.15) is 5.56 Å². The van der Waals surface area contributed by atoms with Crippen molar-refractivity contribution >= 4 is 27.5 Å². The van der Waals surface area contributed by atoms with Gasteiger partial charge in [-0.3, -0.25) is 4.79 Å². The number of halogens is 6. The second-order valence-electron chi connectivity index (χ2n) is 4.61. The van der Waals surface area contributed by atoms with Crippen molar-refractivity contribution in [1.82, 2.24) is 0 Å². The summed E-state index contributed by atoms with van der Waals surface area (Å²) in [4.78, 5) is 11.6. The van der Waals surface area contributed by atoms with Crippen molar-refractivity contribution in [2.75, 3.05) is 5.32 Å². The molecule has 0 aliphatic carbocycles. The Bertz CT molecular complexity index is 731. The Labute approximate surface area is 141 Å². The molecule has 0 heterocycles. The van der Waals surface area contributed by atoms with Gasteiger partial charge in [-0.2, -0.15) is 22.0 Å². The number of carbonyl (C=O) groups is 1. The van der Waals surface area contributed by atoms with Crippen LogP contribution in [0.15, 0.2) is 53.0 Å². The van der Waals surface area contributed by atoms with Crippen LogP contribution in [0.5, 0.6) is 5.75 Å². The van der Waals surface area contributed by atoms with Gasteiger partial charge in [-0.05, 0) is 42.5 Å². The average molecular weight is 410 g/mol. The van der Waals surface area contributed by atoms with Crippen molar-refractivity contribution < 1.29 is 31.5 Å². The Kier molecular flexibility index (Phi) is 5.12. The molecule has 0 unspecified atom stereocenters. The topological polar surface area (TPSA) is 38.3 Å². The van der Waals surface area contributed by atoms with Gasteiger partial charge in [0.1, 0.15) is 5.75 Å². The van der Waals surface area contributed by atoms with Crippen LogP contribution in [-0.2, 0) is 11.0 Å². The summed E-state index contributed by atoms with van der Waals surface area (Å²) >= 11 is 3.14. The van der Waals surface area contributed by atoms with Crippen LogP contribution < -0.4 is 10.1 Å². The highest BCUT2D eigenvalue weighted by molar-refractivity contribution is 9.10. The Morgan fingerprint density at radius 2 is 1.62 bits per heavy atom. The number of alkyl halides is 5. The highest BCUT2D eigenvalue weighted by atomic mass is 79.9. The van der Waals surface area contributed by atoms with Crippen LogP contribution in [0.25, 0.3) is 0 Å². The van der Waals surface area contributed by atoms with Crippen molar-refractivity contribution in [3.05, 3.63) is 58.6 Å². The first kappa shape index (κ1) is 18.2. The van der Waals surface area contributed by atoms with Gasteiger partial charge in [0.25, 0.3) is 0 Å². The number of amides is 1. The fraction of sp³-hybridized carbons (Fsp3) is 0.133. The highest BCUT2D eigenvalue weighted by Crippen LogP contribution is 2.33. The number of ether oxygens (including phenoxy) is 1. The lowest BCUT2D eigenvalue weighted by Crippen LogP contribution is -2.40. The van der Waals surface area contributed by atoms with Crippen LogP contribution in [0.3, 0.4) is 0 Å². The van der Waals surface area contributed by atoms with E-state index in [-0.39, 0.29) is 5.69 Å². The van der Waals surface area contributed by atoms with E-state index in [1.54, 1.807) is 0 Å². The third-order valence-corrected chi connectivity index (χ3v) is 3.30. The first-order chi connectivity index (χ1) is 11.1. The third kappa shape index (κ3) is 4.67. The highest BCUT2D eigenvalue weighted by Gasteiger charge is 2.42. The van der Waals surface area contributed by atoms with Crippen LogP contribution >= 0.6 is 15.9 Å². The van der Waals surface area contributed by atoms with Crippen molar-refractivity contribution in [2.24, 2.45) is 0 Å². The van der Waals surface area contributed by atoms with Gasteiger partial charge in [-0.25, -0.2) is 0 Å². The second-order valence-corrected chi connectivity index (χ2v) is 5.52. The molecular formula is C15H9BrF5NO2. The van der Waals surface area contributed by atoms with Gasteiger partial charge in [0.2, 0.25) is 0 Å². The van der Waals surface area contributed by atoms with E-state index in [1.165, 1.54) is 24.3 Å².